The normalized spacial score (nSPS) is 11.2. The molecule has 324 valence electrons. The Morgan fingerprint density at radius 2 is 0.464 bits per heavy atom. The monoisotopic (exact) mass is 781 g/mol. The first-order valence-electron chi connectivity index (χ1n) is 24.5. The summed E-state index contributed by atoms with van der Waals surface area (Å²) in [4.78, 5) is 0. The van der Waals surface area contributed by atoms with E-state index in [9.17, 15) is 20.4 Å². The van der Waals surface area contributed by atoms with Crippen molar-refractivity contribution in [2.75, 3.05) is 0 Å². The number of rotatable bonds is 38. The Hall–Kier alpha value is -2.36. The quantitative estimate of drug-likeness (QED) is 0.0404. The van der Waals surface area contributed by atoms with Crippen LogP contribution in [0.4, 0.5) is 0 Å². The lowest BCUT2D eigenvalue weighted by Crippen LogP contribution is -1.88. The van der Waals surface area contributed by atoms with E-state index in [0.29, 0.717) is 0 Å². The van der Waals surface area contributed by atoms with E-state index >= 15 is 0 Å². The molecule has 4 N–H and O–H groups in total. The molecule has 0 saturated carbocycles. The van der Waals surface area contributed by atoms with Crippen LogP contribution in [-0.4, -0.2) is 20.4 Å². The number of aromatic hydroxyl groups is 4. The van der Waals surface area contributed by atoms with Gasteiger partial charge in [-0.2, -0.15) is 0 Å². The summed E-state index contributed by atoms with van der Waals surface area (Å²) >= 11 is 0. The highest BCUT2D eigenvalue weighted by atomic mass is 16.3. The van der Waals surface area contributed by atoms with E-state index in [4.69, 9.17) is 0 Å². The smallest absolute Gasteiger partial charge is 0.160 e. The van der Waals surface area contributed by atoms with Crippen molar-refractivity contribution in [3.05, 3.63) is 47.5 Å². The number of para-hydroxylation sites is 2. The first-order chi connectivity index (χ1) is 27.5. The Morgan fingerprint density at radius 1 is 0.268 bits per heavy atom. The Labute approximate surface area is 347 Å². The molecular weight excluding hydrogens is 689 g/mol. The summed E-state index contributed by atoms with van der Waals surface area (Å²) in [6.07, 6.45) is 51.5. The second-order valence-corrected chi connectivity index (χ2v) is 17.1. The molecule has 0 bridgehead atoms. The van der Waals surface area contributed by atoms with Gasteiger partial charge in [-0.15, -0.1) is 0 Å². The molecule has 0 fully saturated rings. The van der Waals surface area contributed by atoms with Gasteiger partial charge in [-0.3, -0.25) is 0 Å². The molecule has 0 unspecified atom stereocenters. The highest BCUT2D eigenvalue weighted by molar-refractivity contribution is 5.45. The molecule has 0 spiro atoms. The number of unbranched alkanes of at least 4 members (excludes halogenated alkanes) is 34. The molecule has 4 nitrogen and oxygen atoms in total. The van der Waals surface area contributed by atoms with Crippen molar-refractivity contribution in [2.45, 2.75) is 258 Å². The van der Waals surface area contributed by atoms with E-state index in [1.807, 2.05) is 12.1 Å². The molecule has 2 aromatic rings. The van der Waals surface area contributed by atoms with Gasteiger partial charge in [0, 0.05) is 0 Å². The van der Waals surface area contributed by atoms with Crippen LogP contribution in [0, 0.1) is 0 Å². The zero-order chi connectivity index (χ0) is 40.6. The number of phenols is 4. The lowest BCUT2D eigenvalue weighted by Gasteiger charge is -2.06. The van der Waals surface area contributed by atoms with Gasteiger partial charge in [0.15, 0.2) is 23.0 Å². The van der Waals surface area contributed by atoms with Gasteiger partial charge in [0.05, 0.1) is 0 Å². The van der Waals surface area contributed by atoms with Crippen LogP contribution in [0.15, 0.2) is 36.4 Å². The summed E-state index contributed by atoms with van der Waals surface area (Å²) in [5, 5.41) is 38.6. The standard InChI is InChI=1S/2C26H46O2/c2*1-2-3-4-5-6-7-8-9-10-11-12-13-14-15-16-17-18-19-21-24-22-20-23-25(27)26(24)28/h2*20,22-23,27-28H,2-19,21H2,1H3. The average Bonchev–Trinajstić information content (AvgIpc) is 3.20. The van der Waals surface area contributed by atoms with Gasteiger partial charge in [-0.05, 0) is 48.9 Å². The molecule has 2 aromatic carbocycles. The maximum absolute atomic E-state index is 9.79. The van der Waals surface area contributed by atoms with Crippen molar-refractivity contribution in [3.8, 4) is 23.0 Å². The molecule has 0 amide bonds. The van der Waals surface area contributed by atoms with Gasteiger partial charge in [0.2, 0.25) is 0 Å². The summed E-state index contributed by atoms with van der Waals surface area (Å²) in [6, 6.07) is 10.5. The predicted octanol–water partition coefficient (Wildman–Crippen LogP) is 17.4. The topological polar surface area (TPSA) is 80.9 Å². The Bertz CT molecular complexity index is 1030. The highest BCUT2D eigenvalue weighted by Gasteiger charge is 2.06. The van der Waals surface area contributed by atoms with Gasteiger partial charge in [-0.1, -0.05) is 256 Å². The third-order valence-electron chi connectivity index (χ3n) is 11.8. The second-order valence-electron chi connectivity index (χ2n) is 17.1. The van der Waals surface area contributed by atoms with E-state index in [-0.39, 0.29) is 23.0 Å². The molecule has 2 rings (SSSR count). The molecule has 0 aliphatic heterocycles. The number of benzene rings is 2. The fourth-order valence-corrected chi connectivity index (χ4v) is 7.99. The van der Waals surface area contributed by atoms with Crippen molar-refractivity contribution in [1.82, 2.24) is 0 Å². The summed E-state index contributed by atoms with van der Waals surface area (Å²) < 4.78 is 0. The van der Waals surface area contributed by atoms with Gasteiger partial charge in [0.25, 0.3) is 0 Å². The fourth-order valence-electron chi connectivity index (χ4n) is 7.99. The predicted molar refractivity (Wildman–Crippen MR) is 245 cm³/mol. The number of aryl methyl sites for hydroxylation is 2. The molecule has 0 aliphatic carbocycles. The first kappa shape index (κ1) is 51.7. The van der Waals surface area contributed by atoms with Crippen molar-refractivity contribution in [1.29, 1.82) is 0 Å². The molecule has 0 atom stereocenters. The van der Waals surface area contributed by atoms with Crippen LogP contribution in [0.1, 0.15) is 256 Å². The summed E-state index contributed by atoms with van der Waals surface area (Å²) in [5.41, 5.74) is 1.74. The Morgan fingerprint density at radius 3 is 0.679 bits per heavy atom. The minimum atomic E-state index is -0.0000843. The largest absolute Gasteiger partial charge is 0.504 e. The summed E-state index contributed by atoms with van der Waals surface area (Å²) in [6.45, 7) is 4.57. The minimum Gasteiger partial charge on any atom is -0.504 e. The van der Waals surface area contributed by atoms with Crippen LogP contribution >= 0.6 is 0 Å². The number of hydrogen-bond acceptors (Lipinski definition) is 4. The van der Waals surface area contributed by atoms with Crippen LogP contribution in [-0.2, 0) is 12.8 Å². The van der Waals surface area contributed by atoms with Crippen molar-refractivity contribution in [2.24, 2.45) is 0 Å². The highest BCUT2D eigenvalue weighted by Crippen LogP contribution is 2.30. The number of phenolic OH excluding ortho intramolecular Hbond substituents is 4. The van der Waals surface area contributed by atoms with Crippen LogP contribution in [0.2, 0.25) is 0 Å². The van der Waals surface area contributed by atoms with Crippen LogP contribution in [0.3, 0.4) is 0 Å². The second kappa shape index (κ2) is 39.5. The fraction of sp³-hybridized carbons (Fsp3) is 0.769. The van der Waals surface area contributed by atoms with Crippen LogP contribution < -0.4 is 0 Å². The third-order valence-corrected chi connectivity index (χ3v) is 11.8. The van der Waals surface area contributed by atoms with Gasteiger partial charge >= 0.3 is 0 Å². The van der Waals surface area contributed by atoms with Crippen molar-refractivity contribution >= 4 is 0 Å². The van der Waals surface area contributed by atoms with Gasteiger partial charge in [-0.25, -0.2) is 0 Å². The lowest BCUT2D eigenvalue weighted by molar-refractivity contribution is 0.398. The van der Waals surface area contributed by atoms with E-state index < -0.39 is 0 Å². The molecule has 0 aromatic heterocycles. The molecule has 0 radical (unpaired) electrons. The first-order valence-corrected chi connectivity index (χ1v) is 24.5. The minimum absolute atomic E-state index is 0.0000843. The maximum atomic E-state index is 9.79. The van der Waals surface area contributed by atoms with Crippen LogP contribution in [0.5, 0.6) is 23.0 Å². The lowest BCUT2D eigenvalue weighted by atomic mass is 10.0. The van der Waals surface area contributed by atoms with E-state index in [1.54, 1.807) is 12.1 Å². The zero-order valence-corrected chi connectivity index (χ0v) is 37.1. The molecule has 4 heteroatoms. The maximum Gasteiger partial charge on any atom is 0.160 e. The van der Waals surface area contributed by atoms with Gasteiger partial charge in [0.1, 0.15) is 0 Å². The third kappa shape index (κ3) is 30.7. The molecular formula is C52H92O4. The summed E-state index contributed by atoms with van der Waals surface area (Å²) in [7, 11) is 0. The zero-order valence-electron chi connectivity index (χ0n) is 37.1. The average molecular weight is 781 g/mol. The van der Waals surface area contributed by atoms with E-state index in [2.05, 4.69) is 13.8 Å². The van der Waals surface area contributed by atoms with Crippen molar-refractivity contribution in [3.63, 3.8) is 0 Å². The van der Waals surface area contributed by atoms with E-state index in [0.717, 1.165) is 36.8 Å². The van der Waals surface area contributed by atoms with E-state index in [1.165, 1.54) is 230 Å². The molecule has 0 heterocycles. The summed E-state index contributed by atoms with van der Waals surface area (Å²) in [5.74, 6) is 0.128. The van der Waals surface area contributed by atoms with Crippen molar-refractivity contribution < 1.29 is 20.4 Å². The Kier molecular flexibility index (Phi) is 36.4. The van der Waals surface area contributed by atoms with Crippen LogP contribution in [0.25, 0.3) is 0 Å². The molecule has 0 aliphatic rings. The SMILES string of the molecule is CCCCCCCCCCCCCCCCCCCCc1cccc(O)c1O.CCCCCCCCCCCCCCCCCCCCc1cccc(O)c1O. The van der Waals surface area contributed by atoms with Gasteiger partial charge < -0.3 is 20.4 Å². The Balaban J connectivity index is 0.000000560. The number of hydrogen-bond donors (Lipinski definition) is 4. The molecule has 0 saturated heterocycles. The molecule has 56 heavy (non-hydrogen) atoms.